The van der Waals surface area contributed by atoms with Crippen LogP contribution in [0, 0.1) is 26.6 Å². The Kier molecular flexibility index (Phi) is 5.34. The van der Waals surface area contributed by atoms with Gasteiger partial charge >= 0.3 is 0 Å². The topological polar surface area (TPSA) is 33.1 Å². The Hall–Kier alpha value is -2.40. The van der Waals surface area contributed by atoms with Crippen LogP contribution in [0.4, 0.5) is 10.3 Å². The second-order valence-electron chi connectivity index (χ2n) is 8.66. The Morgan fingerprint density at radius 1 is 1.03 bits per heavy atom. The van der Waals surface area contributed by atoms with E-state index in [1.807, 2.05) is 26.0 Å². The van der Waals surface area contributed by atoms with Crippen LogP contribution in [0.15, 0.2) is 24.3 Å². The number of halogens is 1. The Bertz CT molecular complexity index is 1020. The van der Waals surface area contributed by atoms with Crippen molar-refractivity contribution < 1.29 is 4.39 Å². The molecule has 154 valence electrons. The molecule has 0 spiro atoms. The molecule has 4 rings (SSSR count). The van der Waals surface area contributed by atoms with Crippen LogP contribution in [0.3, 0.4) is 0 Å². The molecule has 0 atom stereocenters. The molecule has 1 aromatic heterocycles. The van der Waals surface area contributed by atoms with Crippen LogP contribution in [-0.2, 0) is 6.54 Å². The summed E-state index contributed by atoms with van der Waals surface area (Å²) in [7, 11) is 0. The van der Waals surface area contributed by atoms with E-state index in [0.717, 1.165) is 43.2 Å². The zero-order valence-electron chi connectivity index (χ0n) is 18.1. The molecule has 2 aromatic carbocycles. The van der Waals surface area contributed by atoms with Gasteiger partial charge in [0.2, 0.25) is 5.95 Å². The fourth-order valence-electron chi connectivity index (χ4n) is 4.39. The average Bonchev–Trinajstić information content (AvgIpc) is 3.04. The third kappa shape index (κ3) is 3.76. The number of rotatable bonds is 4. The zero-order valence-corrected chi connectivity index (χ0v) is 18.1. The van der Waals surface area contributed by atoms with E-state index < -0.39 is 0 Å². The molecule has 1 aliphatic heterocycles. The highest BCUT2D eigenvalue weighted by Gasteiger charge is 2.22. The van der Waals surface area contributed by atoms with Crippen LogP contribution in [0.25, 0.3) is 11.0 Å². The lowest BCUT2D eigenvalue weighted by molar-refractivity contribution is 0.571. The second-order valence-corrected chi connectivity index (χ2v) is 8.66. The third-order valence-corrected chi connectivity index (χ3v) is 5.87. The van der Waals surface area contributed by atoms with Crippen LogP contribution in [0.2, 0.25) is 0 Å². The predicted octanol–water partition coefficient (Wildman–Crippen LogP) is 4.68. The lowest BCUT2D eigenvalue weighted by Crippen LogP contribution is -2.44. The standard InChI is InChI=1S/C24H31FN4/c1-15(2)20-10-16(3)11-21-23(20)27-24(28-8-6-26-7-9-28)29(21)14-19-12-17(4)22(25)18(5)13-19/h10-13,15,26H,6-9,14H2,1-5H3. The molecule has 1 fully saturated rings. The number of imidazole rings is 1. The van der Waals surface area contributed by atoms with Gasteiger partial charge in [0.25, 0.3) is 0 Å². The van der Waals surface area contributed by atoms with Crippen LogP contribution in [-0.4, -0.2) is 35.7 Å². The molecular formula is C24H31FN4. The molecule has 4 nitrogen and oxygen atoms in total. The summed E-state index contributed by atoms with van der Waals surface area (Å²) in [4.78, 5) is 7.52. The van der Waals surface area contributed by atoms with Gasteiger partial charge in [-0.05, 0) is 60.6 Å². The first-order valence-corrected chi connectivity index (χ1v) is 10.6. The molecule has 1 N–H and O–H groups in total. The molecule has 0 aliphatic carbocycles. The quantitative estimate of drug-likeness (QED) is 0.697. The number of nitrogens with zero attached hydrogens (tertiary/aromatic N) is 3. The van der Waals surface area contributed by atoms with E-state index >= 15 is 0 Å². The Morgan fingerprint density at radius 2 is 1.69 bits per heavy atom. The second kappa shape index (κ2) is 7.79. The van der Waals surface area contributed by atoms with Crippen molar-refractivity contribution in [1.82, 2.24) is 14.9 Å². The van der Waals surface area contributed by atoms with Crippen molar-refractivity contribution in [3.05, 3.63) is 57.9 Å². The number of benzene rings is 2. The summed E-state index contributed by atoms with van der Waals surface area (Å²) in [5.74, 6) is 1.32. The van der Waals surface area contributed by atoms with Gasteiger partial charge in [-0.25, -0.2) is 9.37 Å². The highest BCUT2D eigenvalue weighted by atomic mass is 19.1. The maximum atomic E-state index is 14.2. The summed E-state index contributed by atoms with van der Waals surface area (Å²) in [6, 6.07) is 8.44. The predicted molar refractivity (Wildman–Crippen MR) is 119 cm³/mol. The molecule has 1 saturated heterocycles. The fraction of sp³-hybridized carbons (Fsp3) is 0.458. The molecular weight excluding hydrogens is 363 g/mol. The van der Waals surface area contributed by atoms with Gasteiger partial charge in [0.15, 0.2) is 0 Å². The van der Waals surface area contributed by atoms with Crippen LogP contribution in [0.5, 0.6) is 0 Å². The Morgan fingerprint density at radius 3 is 2.31 bits per heavy atom. The number of aromatic nitrogens is 2. The summed E-state index contributed by atoms with van der Waals surface area (Å²) in [5, 5.41) is 3.43. The molecule has 0 unspecified atom stereocenters. The minimum absolute atomic E-state index is 0.107. The first-order valence-electron chi connectivity index (χ1n) is 10.6. The number of fused-ring (bicyclic) bond motifs is 1. The van der Waals surface area contributed by atoms with Gasteiger partial charge in [0, 0.05) is 26.2 Å². The summed E-state index contributed by atoms with van der Waals surface area (Å²) >= 11 is 0. The maximum Gasteiger partial charge on any atom is 0.206 e. The number of hydrogen-bond acceptors (Lipinski definition) is 3. The van der Waals surface area contributed by atoms with Crippen LogP contribution >= 0.6 is 0 Å². The van der Waals surface area contributed by atoms with Crippen molar-refractivity contribution in [1.29, 1.82) is 0 Å². The first kappa shape index (κ1) is 19.9. The molecule has 3 aromatic rings. The van der Waals surface area contributed by atoms with Gasteiger partial charge in [0.1, 0.15) is 5.82 Å². The Labute approximate surface area is 172 Å². The molecule has 0 bridgehead atoms. The molecule has 0 radical (unpaired) electrons. The summed E-state index contributed by atoms with van der Waals surface area (Å²) in [6.45, 7) is 14.8. The van der Waals surface area contributed by atoms with E-state index in [1.54, 1.807) is 0 Å². The lowest BCUT2D eigenvalue weighted by atomic mass is 9.99. The monoisotopic (exact) mass is 394 g/mol. The van der Waals surface area contributed by atoms with E-state index in [1.165, 1.54) is 16.6 Å². The number of hydrogen-bond donors (Lipinski definition) is 1. The normalized spacial score (nSPS) is 14.9. The van der Waals surface area contributed by atoms with E-state index in [9.17, 15) is 4.39 Å². The molecule has 29 heavy (non-hydrogen) atoms. The van der Waals surface area contributed by atoms with Crippen molar-refractivity contribution in [3.8, 4) is 0 Å². The SMILES string of the molecule is Cc1cc(C(C)C)c2nc(N3CCNCC3)n(Cc3cc(C)c(F)c(C)c3)c2c1. The highest BCUT2D eigenvalue weighted by Crippen LogP contribution is 2.32. The number of anilines is 1. The smallest absolute Gasteiger partial charge is 0.206 e. The minimum atomic E-state index is -0.107. The van der Waals surface area contributed by atoms with Gasteiger partial charge in [-0.2, -0.15) is 0 Å². The third-order valence-electron chi connectivity index (χ3n) is 5.87. The van der Waals surface area contributed by atoms with Gasteiger partial charge < -0.3 is 14.8 Å². The van der Waals surface area contributed by atoms with Crippen LogP contribution in [0.1, 0.15) is 47.6 Å². The van der Waals surface area contributed by atoms with Crippen molar-refractivity contribution in [3.63, 3.8) is 0 Å². The summed E-state index contributed by atoms with van der Waals surface area (Å²) in [6.07, 6.45) is 0. The largest absolute Gasteiger partial charge is 0.340 e. The highest BCUT2D eigenvalue weighted by molar-refractivity contribution is 5.84. The average molecular weight is 395 g/mol. The molecule has 0 amide bonds. The minimum Gasteiger partial charge on any atom is -0.340 e. The molecule has 1 aliphatic rings. The van der Waals surface area contributed by atoms with Crippen molar-refractivity contribution >= 4 is 17.0 Å². The number of nitrogens with one attached hydrogen (secondary N) is 1. The van der Waals surface area contributed by atoms with Crippen molar-refractivity contribution in [2.75, 3.05) is 31.1 Å². The molecule has 5 heteroatoms. The summed E-state index contributed by atoms with van der Waals surface area (Å²) < 4.78 is 16.5. The van der Waals surface area contributed by atoms with E-state index in [4.69, 9.17) is 4.98 Å². The van der Waals surface area contributed by atoms with Crippen molar-refractivity contribution in [2.24, 2.45) is 0 Å². The van der Waals surface area contributed by atoms with Gasteiger partial charge in [-0.3, -0.25) is 0 Å². The molecule has 2 heterocycles. The van der Waals surface area contributed by atoms with Gasteiger partial charge in [0.05, 0.1) is 17.6 Å². The fourth-order valence-corrected chi connectivity index (χ4v) is 4.39. The number of piperazine rings is 1. The lowest BCUT2D eigenvalue weighted by Gasteiger charge is -2.29. The molecule has 0 saturated carbocycles. The van der Waals surface area contributed by atoms with Gasteiger partial charge in [-0.1, -0.05) is 32.0 Å². The van der Waals surface area contributed by atoms with Gasteiger partial charge in [-0.15, -0.1) is 0 Å². The zero-order chi connectivity index (χ0) is 20.7. The van der Waals surface area contributed by atoms with E-state index in [-0.39, 0.29) is 5.82 Å². The van der Waals surface area contributed by atoms with E-state index in [0.29, 0.717) is 23.6 Å². The van der Waals surface area contributed by atoms with Crippen molar-refractivity contribution in [2.45, 2.75) is 47.1 Å². The summed E-state index contributed by atoms with van der Waals surface area (Å²) in [5.41, 5.74) is 7.32. The van der Waals surface area contributed by atoms with E-state index in [2.05, 4.69) is 47.7 Å². The number of aryl methyl sites for hydroxylation is 3. The first-order chi connectivity index (χ1) is 13.8. The Balaban J connectivity index is 1.90. The maximum absolute atomic E-state index is 14.2. The van der Waals surface area contributed by atoms with Crippen LogP contribution < -0.4 is 10.2 Å².